The van der Waals surface area contributed by atoms with Crippen molar-refractivity contribution in [1.82, 2.24) is 10.6 Å². The van der Waals surface area contributed by atoms with Gasteiger partial charge < -0.3 is 15.4 Å². The molecule has 0 bridgehead atoms. The Morgan fingerprint density at radius 3 is 2.68 bits per heavy atom. The molecule has 0 aromatic heterocycles. The molecule has 3 heteroatoms. The summed E-state index contributed by atoms with van der Waals surface area (Å²) in [7, 11) is 3.81. The molecule has 1 aliphatic heterocycles. The van der Waals surface area contributed by atoms with Gasteiger partial charge in [0.05, 0.1) is 13.2 Å². The van der Waals surface area contributed by atoms with Crippen molar-refractivity contribution in [2.45, 2.75) is 45.2 Å². The standard InChI is InChI=1S/C16H26N2O/c1-11-9-12(2)16(19-4)13(10-11)15(17-3)14-7-5-6-8-18-14/h9-10,14-15,17-18H,5-8H2,1-4H3. The summed E-state index contributed by atoms with van der Waals surface area (Å²) in [6.45, 7) is 5.39. The average molecular weight is 262 g/mol. The Balaban J connectivity index is 2.36. The van der Waals surface area contributed by atoms with Crippen LogP contribution in [0.25, 0.3) is 0 Å². The zero-order valence-corrected chi connectivity index (χ0v) is 12.5. The second-order valence-corrected chi connectivity index (χ2v) is 5.53. The second-order valence-electron chi connectivity index (χ2n) is 5.53. The second kappa shape index (κ2) is 6.40. The summed E-state index contributed by atoms with van der Waals surface area (Å²) in [5.74, 6) is 1.03. The minimum atomic E-state index is 0.314. The van der Waals surface area contributed by atoms with Crippen LogP contribution in [-0.2, 0) is 0 Å². The molecule has 1 aromatic rings. The lowest BCUT2D eigenvalue weighted by molar-refractivity contribution is 0.316. The maximum atomic E-state index is 5.64. The van der Waals surface area contributed by atoms with E-state index in [0.717, 1.165) is 12.3 Å². The highest BCUT2D eigenvalue weighted by Gasteiger charge is 2.26. The zero-order valence-electron chi connectivity index (χ0n) is 12.5. The Morgan fingerprint density at radius 2 is 2.11 bits per heavy atom. The van der Waals surface area contributed by atoms with Gasteiger partial charge in [0.15, 0.2) is 0 Å². The third-order valence-electron chi connectivity index (χ3n) is 4.05. The van der Waals surface area contributed by atoms with Crippen molar-refractivity contribution >= 4 is 0 Å². The molecule has 0 spiro atoms. The highest BCUT2D eigenvalue weighted by Crippen LogP contribution is 2.33. The smallest absolute Gasteiger partial charge is 0.126 e. The SMILES string of the molecule is CNC(c1cc(C)cc(C)c1OC)C1CCCCN1. The molecule has 0 amide bonds. The van der Waals surface area contributed by atoms with Crippen LogP contribution in [0, 0.1) is 13.8 Å². The highest BCUT2D eigenvalue weighted by molar-refractivity contribution is 5.46. The van der Waals surface area contributed by atoms with E-state index in [-0.39, 0.29) is 0 Å². The summed E-state index contributed by atoms with van der Waals surface area (Å²) in [6.07, 6.45) is 3.82. The molecule has 2 N–H and O–H groups in total. The summed E-state index contributed by atoms with van der Waals surface area (Å²) < 4.78 is 5.64. The fourth-order valence-corrected chi connectivity index (χ4v) is 3.23. The third kappa shape index (κ3) is 3.10. The summed E-state index contributed by atoms with van der Waals surface area (Å²) in [5.41, 5.74) is 3.79. The van der Waals surface area contributed by atoms with Gasteiger partial charge in [0.2, 0.25) is 0 Å². The predicted molar refractivity (Wildman–Crippen MR) is 79.9 cm³/mol. The van der Waals surface area contributed by atoms with E-state index >= 15 is 0 Å². The van der Waals surface area contributed by atoms with Crippen LogP contribution in [-0.4, -0.2) is 26.7 Å². The first-order valence-electron chi connectivity index (χ1n) is 7.23. The number of rotatable bonds is 4. The van der Waals surface area contributed by atoms with Gasteiger partial charge in [-0.15, -0.1) is 0 Å². The number of benzene rings is 1. The minimum absolute atomic E-state index is 0.314. The minimum Gasteiger partial charge on any atom is -0.496 e. The summed E-state index contributed by atoms with van der Waals surface area (Å²) >= 11 is 0. The van der Waals surface area contributed by atoms with E-state index in [1.54, 1.807) is 7.11 Å². The molecule has 0 aliphatic carbocycles. The van der Waals surface area contributed by atoms with Crippen molar-refractivity contribution in [2.75, 3.05) is 20.7 Å². The number of aryl methyl sites for hydroxylation is 2. The van der Waals surface area contributed by atoms with E-state index in [1.165, 1.54) is 36.0 Å². The lowest BCUT2D eigenvalue weighted by atomic mass is 9.90. The van der Waals surface area contributed by atoms with E-state index in [9.17, 15) is 0 Å². The average Bonchev–Trinajstić information content (AvgIpc) is 2.40. The van der Waals surface area contributed by atoms with Crippen molar-refractivity contribution in [1.29, 1.82) is 0 Å². The van der Waals surface area contributed by atoms with Gasteiger partial charge in [-0.05, 0) is 45.8 Å². The van der Waals surface area contributed by atoms with Gasteiger partial charge in [0.1, 0.15) is 5.75 Å². The van der Waals surface area contributed by atoms with Gasteiger partial charge in [0.25, 0.3) is 0 Å². The normalized spacial score (nSPS) is 21.2. The molecular weight excluding hydrogens is 236 g/mol. The van der Waals surface area contributed by atoms with Gasteiger partial charge in [-0.2, -0.15) is 0 Å². The number of likely N-dealkylation sites (N-methyl/N-ethyl adjacent to an activating group) is 1. The molecule has 3 nitrogen and oxygen atoms in total. The first-order valence-corrected chi connectivity index (χ1v) is 7.23. The number of ether oxygens (including phenoxy) is 1. The van der Waals surface area contributed by atoms with Crippen LogP contribution in [0.15, 0.2) is 12.1 Å². The first-order chi connectivity index (χ1) is 9.17. The van der Waals surface area contributed by atoms with Crippen LogP contribution in [0.2, 0.25) is 0 Å². The van der Waals surface area contributed by atoms with Crippen molar-refractivity contribution in [3.05, 3.63) is 28.8 Å². The van der Waals surface area contributed by atoms with Crippen LogP contribution < -0.4 is 15.4 Å². The van der Waals surface area contributed by atoms with E-state index in [4.69, 9.17) is 4.74 Å². The van der Waals surface area contributed by atoms with E-state index < -0.39 is 0 Å². The highest BCUT2D eigenvalue weighted by atomic mass is 16.5. The van der Waals surface area contributed by atoms with E-state index in [0.29, 0.717) is 12.1 Å². The topological polar surface area (TPSA) is 33.3 Å². The Labute approximate surface area is 116 Å². The Hall–Kier alpha value is -1.06. The summed E-state index contributed by atoms with van der Waals surface area (Å²) in [6, 6.07) is 5.25. The van der Waals surface area contributed by atoms with Crippen molar-refractivity contribution in [3.8, 4) is 5.75 Å². The quantitative estimate of drug-likeness (QED) is 0.875. The zero-order chi connectivity index (χ0) is 13.8. The fraction of sp³-hybridized carbons (Fsp3) is 0.625. The van der Waals surface area contributed by atoms with Gasteiger partial charge in [0, 0.05) is 11.6 Å². The van der Waals surface area contributed by atoms with Crippen LogP contribution in [0.1, 0.15) is 42.0 Å². The van der Waals surface area contributed by atoms with Crippen LogP contribution >= 0.6 is 0 Å². The van der Waals surface area contributed by atoms with Crippen LogP contribution in [0.5, 0.6) is 5.75 Å². The van der Waals surface area contributed by atoms with Crippen LogP contribution in [0.3, 0.4) is 0 Å². The molecule has 1 saturated heterocycles. The molecule has 0 saturated carbocycles. The molecule has 1 aromatic carbocycles. The molecule has 1 heterocycles. The Kier molecular flexibility index (Phi) is 4.83. The Morgan fingerprint density at radius 1 is 1.32 bits per heavy atom. The number of hydrogen-bond acceptors (Lipinski definition) is 3. The molecule has 2 atom stereocenters. The molecule has 0 radical (unpaired) electrons. The molecular formula is C16H26N2O. The molecule has 2 unspecified atom stereocenters. The van der Waals surface area contributed by atoms with E-state index in [1.807, 2.05) is 7.05 Å². The maximum Gasteiger partial charge on any atom is 0.126 e. The molecule has 2 rings (SSSR count). The van der Waals surface area contributed by atoms with Gasteiger partial charge in [-0.3, -0.25) is 0 Å². The van der Waals surface area contributed by atoms with Crippen molar-refractivity contribution in [2.24, 2.45) is 0 Å². The molecule has 19 heavy (non-hydrogen) atoms. The van der Waals surface area contributed by atoms with Crippen molar-refractivity contribution < 1.29 is 4.74 Å². The number of methoxy groups -OCH3 is 1. The maximum absolute atomic E-state index is 5.64. The predicted octanol–water partition coefficient (Wildman–Crippen LogP) is 2.71. The lowest BCUT2D eigenvalue weighted by Crippen LogP contribution is -2.43. The number of hydrogen-bond donors (Lipinski definition) is 2. The number of piperidine rings is 1. The number of nitrogens with one attached hydrogen (secondary N) is 2. The fourth-order valence-electron chi connectivity index (χ4n) is 3.23. The van der Waals surface area contributed by atoms with Crippen LogP contribution in [0.4, 0.5) is 0 Å². The van der Waals surface area contributed by atoms with Gasteiger partial charge >= 0.3 is 0 Å². The molecule has 1 fully saturated rings. The van der Waals surface area contributed by atoms with Gasteiger partial charge in [-0.1, -0.05) is 24.1 Å². The van der Waals surface area contributed by atoms with Gasteiger partial charge in [-0.25, -0.2) is 0 Å². The summed E-state index contributed by atoms with van der Waals surface area (Å²) in [5, 5.41) is 7.12. The largest absolute Gasteiger partial charge is 0.496 e. The van der Waals surface area contributed by atoms with E-state index in [2.05, 4.69) is 36.6 Å². The lowest BCUT2D eigenvalue weighted by Gasteiger charge is -2.32. The monoisotopic (exact) mass is 262 g/mol. The Bertz CT molecular complexity index is 425. The summed E-state index contributed by atoms with van der Waals surface area (Å²) in [4.78, 5) is 0. The first kappa shape index (κ1) is 14.4. The van der Waals surface area contributed by atoms with Crippen molar-refractivity contribution in [3.63, 3.8) is 0 Å². The molecule has 1 aliphatic rings. The molecule has 106 valence electrons. The third-order valence-corrected chi connectivity index (χ3v) is 4.05.